The Morgan fingerprint density at radius 2 is 1.47 bits per heavy atom. The number of carboxylic acids is 1. The Morgan fingerprint density at radius 3 is 2.03 bits per heavy atom. The Bertz CT molecular complexity index is 1240. The number of carboxylic acid groups (broad SMARTS) is 1. The first-order valence-corrected chi connectivity index (χ1v) is 10.6. The van der Waals surface area contributed by atoms with Gasteiger partial charge in [0.25, 0.3) is 0 Å². The van der Waals surface area contributed by atoms with Gasteiger partial charge in [-0.05, 0) is 35.9 Å². The van der Waals surface area contributed by atoms with Gasteiger partial charge >= 0.3 is 12.1 Å². The highest BCUT2D eigenvalue weighted by atomic mass is 19.4. The highest BCUT2D eigenvalue weighted by molar-refractivity contribution is 6.24. The van der Waals surface area contributed by atoms with E-state index in [2.05, 4.69) is 0 Å². The van der Waals surface area contributed by atoms with Crippen LogP contribution in [0.2, 0.25) is 0 Å². The minimum absolute atomic E-state index is 0.0684. The smallest absolute Gasteiger partial charge is 0.475 e. The SMILES string of the molecule is O=C(O)C(F)(F)F.O=C1C=CC2C3C(=O)N(c4ccccc4)C(=O)C3C1N2Cc1cc(F)cc(F)c1. The summed E-state index contributed by atoms with van der Waals surface area (Å²) >= 11 is 0. The van der Waals surface area contributed by atoms with Gasteiger partial charge in [0.15, 0.2) is 5.78 Å². The molecule has 0 aliphatic carbocycles. The summed E-state index contributed by atoms with van der Waals surface area (Å²) < 4.78 is 59.0. The molecule has 3 aliphatic heterocycles. The number of carbonyl (C=O) groups excluding carboxylic acids is 3. The molecule has 2 aromatic rings. The van der Waals surface area contributed by atoms with Crippen molar-refractivity contribution in [3.8, 4) is 0 Å². The van der Waals surface area contributed by atoms with Crippen LogP contribution >= 0.6 is 0 Å². The highest BCUT2D eigenvalue weighted by Crippen LogP contribution is 2.47. The number of halogens is 5. The van der Waals surface area contributed by atoms with Crippen LogP contribution in [0.4, 0.5) is 27.6 Å². The molecule has 12 heteroatoms. The van der Waals surface area contributed by atoms with Gasteiger partial charge in [-0.2, -0.15) is 13.2 Å². The number of nitrogens with zero attached hydrogens (tertiary/aromatic N) is 2. The number of carbonyl (C=O) groups is 4. The number of aliphatic carboxylic acids is 1. The van der Waals surface area contributed by atoms with Gasteiger partial charge in [-0.25, -0.2) is 18.5 Å². The average molecular weight is 508 g/mol. The number of rotatable bonds is 3. The first-order valence-electron chi connectivity index (χ1n) is 10.6. The molecule has 5 rings (SSSR count). The molecule has 0 saturated carbocycles. The number of amides is 2. The van der Waals surface area contributed by atoms with E-state index < -0.39 is 53.6 Å². The quantitative estimate of drug-likeness (QED) is 0.506. The lowest BCUT2D eigenvalue weighted by Gasteiger charge is -2.33. The zero-order valence-electron chi connectivity index (χ0n) is 18.2. The topological polar surface area (TPSA) is 95.0 Å². The molecule has 2 aromatic carbocycles. The van der Waals surface area contributed by atoms with E-state index in [1.165, 1.54) is 18.2 Å². The molecule has 2 amide bonds. The molecule has 4 atom stereocenters. The van der Waals surface area contributed by atoms with Crippen molar-refractivity contribution in [2.75, 3.05) is 4.90 Å². The third-order valence-electron chi connectivity index (χ3n) is 6.14. The maximum atomic E-state index is 13.6. The van der Waals surface area contributed by atoms with Crippen LogP contribution in [0.25, 0.3) is 0 Å². The Hall–Kier alpha value is -3.93. The molecule has 2 fully saturated rings. The van der Waals surface area contributed by atoms with Crippen molar-refractivity contribution >= 4 is 29.3 Å². The van der Waals surface area contributed by atoms with Crippen LogP contribution in [-0.4, -0.2) is 51.8 Å². The molecule has 36 heavy (non-hydrogen) atoms. The molecule has 4 unspecified atom stereocenters. The molecule has 3 heterocycles. The fourth-order valence-electron chi connectivity index (χ4n) is 4.81. The summed E-state index contributed by atoms with van der Waals surface area (Å²) in [5.41, 5.74) is 0.825. The summed E-state index contributed by atoms with van der Waals surface area (Å²) in [5, 5.41) is 7.12. The van der Waals surface area contributed by atoms with Crippen molar-refractivity contribution < 1.29 is 46.2 Å². The van der Waals surface area contributed by atoms with Gasteiger partial charge < -0.3 is 5.11 Å². The van der Waals surface area contributed by atoms with Crippen LogP contribution in [0, 0.1) is 23.5 Å². The van der Waals surface area contributed by atoms with Crippen LogP contribution in [0.1, 0.15) is 5.56 Å². The van der Waals surface area contributed by atoms with Crippen molar-refractivity contribution in [1.29, 1.82) is 0 Å². The summed E-state index contributed by atoms with van der Waals surface area (Å²) in [6.45, 7) is 0.0684. The largest absolute Gasteiger partial charge is 0.490 e. The molecule has 7 nitrogen and oxygen atoms in total. The number of hydrogen-bond acceptors (Lipinski definition) is 5. The standard InChI is InChI=1S/C22H16F2N2O3.C2HF3O2/c23-13-8-12(9-14(24)10-13)11-25-16-6-7-17(27)20(25)19-18(16)21(28)26(22(19)29)15-4-2-1-3-5-15;3-2(4,5)1(6)7/h1-10,16,18-20H,11H2;(H,6,7). The molecular weight excluding hydrogens is 491 g/mol. The summed E-state index contributed by atoms with van der Waals surface area (Å²) in [6, 6.07) is 10.5. The number of ketones is 1. The second-order valence-corrected chi connectivity index (χ2v) is 8.35. The van der Waals surface area contributed by atoms with Crippen LogP contribution < -0.4 is 4.90 Å². The van der Waals surface area contributed by atoms with E-state index in [4.69, 9.17) is 9.90 Å². The van der Waals surface area contributed by atoms with Crippen LogP contribution in [0.3, 0.4) is 0 Å². The predicted octanol–water partition coefficient (Wildman–Crippen LogP) is 3.10. The van der Waals surface area contributed by atoms with Gasteiger partial charge in [0, 0.05) is 18.7 Å². The van der Waals surface area contributed by atoms with Crippen LogP contribution in [0.5, 0.6) is 0 Å². The maximum Gasteiger partial charge on any atom is 0.490 e. The Morgan fingerprint density at radius 1 is 0.917 bits per heavy atom. The van der Waals surface area contributed by atoms with Crippen molar-refractivity contribution in [2.24, 2.45) is 11.8 Å². The number of alkyl halides is 3. The normalized spacial score (nSPS) is 25.0. The number of imide groups is 1. The molecule has 2 saturated heterocycles. The number of fused-ring (bicyclic) bond motifs is 5. The van der Waals surface area contributed by atoms with Crippen molar-refractivity contribution in [1.82, 2.24) is 4.90 Å². The van der Waals surface area contributed by atoms with E-state index in [-0.39, 0.29) is 18.2 Å². The Kier molecular flexibility index (Phi) is 6.48. The zero-order chi connectivity index (χ0) is 26.4. The minimum Gasteiger partial charge on any atom is -0.475 e. The zero-order valence-corrected chi connectivity index (χ0v) is 18.2. The van der Waals surface area contributed by atoms with E-state index in [0.29, 0.717) is 11.3 Å². The Labute approximate surface area is 200 Å². The van der Waals surface area contributed by atoms with Gasteiger partial charge in [-0.1, -0.05) is 24.3 Å². The van der Waals surface area contributed by atoms with Gasteiger partial charge in [0.2, 0.25) is 11.8 Å². The molecule has 2 bridgehead atoms. The van der Waals surface area contributed by atoms with Crippen LogP contribution in [-0.2, 0) is 25.7 Å². The average Bonchev–Trinajstić information content (AvgIpc) is 3.17. The molecule has 0 radical (unpaired) electrons. The lowest BCUT2D eigenvalue weighted by Crippen LogP contribution is -2.48. The summed E-state index contributed by atoms with van der Waals surface area (Å²) in [7, 11) is 0. The Balaban J connectivity index is 0.000000384. The van der Waals surface area contributed by atoms with Gasteiger partial charge in [0.1, 0.15) is 11.6 Å². The molecule has 3 aliphatic rings. The summed E-state index contributed by atoms with van der Waals surface area (Å²) in [4.78, 5) is 50.8. The fourth-order valence-corrected chi connectivity index (χ4v) is 4.81. The fraction of sp³-hybridized carbons (Fsp3) is 0.250. The number of hydrogen-bond donors (Lipinski definition) is 1. The van der Waals surface area contributed by atoms with Crippen LogP contribution in [0.15, 0.2) is 60.7 Å². The highest BCUT2D eigenvalue weighted by Gasteiger charge is 2.64. The lowest BCUT2D eigenvalue weighted by molar-refractivity contribution is -0.192. The van der Waals surface area contributed by atoms with Crippen molar-refractivity contribution in [3.63, 3.8) is 0 Å². The van der Waals surface area contributed by atoms with Crippen molar-refractivity contribution in [3.05, 3.63) is 77.9 Å². The molecule has 1 N–H and O–H groups in total. The minimum atomic E-state index is -5.08. The predicted molar refractivity (Wildman–Crippen MR) is 113 cm³/mol. The first kappa shape index (κ1) is 25.2. The molecule has 0 spiro atoms. The summed E-state index contributed by atoms with van der Waals surface area (Å²) in [6.07, 6.45) is -2.05. The first-order chi connectivity index (χ1) is 16.9. The third-order valence-corrected chi connectivity index (χ3v) is 6.14. The number of benzene rings is 2. The van der Waals surface area contributed by atoms with E-state index in [0.717, 1.165) is 11.0 Å². The van der Waals surface area contributed by atoms with Crippen molar-refractivity contribution in [2.45, 2.75) is 24.8 Å². The number of para-hydroxylation sites is 1. The van der Waals surface area contributed by atoms with E-state index in [1.807, 2.05) is 0 Å². The lowest BCUT2D eigenvalue weighted by atomic mass is 9.90. The van der Waals surface area contributed by atoms with Gasteiger partial charge in [-0.3, -0.25) is 19.3 Å². The molecular formula is C24H17F5N2O5. The second-order valence-electron chi connectivity index (χ2n) is 8.35. The van der Waals surface area contributed by atoms with Gasteiger partial charge in [0.05, 0.1) is 23.6 Å². The molecule has 188 valence electrons. The van der Waals surface area contributed by atoms with E-state index in [1.54, 1.807) is 41.3 Å². The number of anilines is 1. The van der Waals surface area contributed by atoms with E-state index in [9.17, 15) is 36.3 Å². The third kappa shape index (κ3) is 4.51. The van der Waals surface area contributed by atoms with Gasteiger partial charge in [-0.15, -0.1) is 0 Å². The molecule has 0 aromatic heterocycles. The maximum absolute atomic E-state index is 13.6. The second kappa shape index (κ2) is 9.26. The van der Waals surface area contributed by atoms with E-state index >= 15 is 0 Å². The monoisotopic (exact) mass is 508 g/mol. The summed E-state index contributed by atoms with van der Waals surface area (Å²) in [5.74, 6) is -6.74.